The highest BCUT2D eigenvalue weighted by atomic mass is 16.6. The molecule has 1 aromatic heterocycles. The topological polar surface area (TPSA) is 47.0 Å². The minimum Gasteiger partial charge on any atom is -0.297 e. The Morgan fingerprint density at radius 3 is 2.82 bits per heavy atom. The van der Waals surface area contributed by atoms with E-state index >= 15 is 0 Å². The molecule has 0 aliphatic heterocycles. The van der Waals surface area contributed by atoms with Crippen molar-refractivity contribution >= 4 is 0 Å². The van der Waals surface area contributed by atoms with Crippen molar-refractivity contribution in [2.45, 2.75) is 20.1 Å². The zero-order valence-electron chi connectivity index (χ0n) is 9.76. The molecule has 88 valence electrons. The molecular weight excluding hydrogens is 214 g/mol. The second kappa shape index (κ2) is 6.08. The molecule has 4 nitrogen and oxygen atoms in total. The van der Waals surface area contributed by atoms with E-state index in [2.05, 4.69) is 15.4 Å². The quantitative estimate of drug-likeness (QED) is 0.629. The van der Waals surface area contributed by atoms with Crippen molar-refractivity contribution in [3.05, 3.63) is 59.7 Å². The van der Waals surface area contributed by atoms with Gasteiger partial charge in [0.2, 0.25) is 0 Å². The van der Waals surface area contributed by atoms with Crippen molar-refractivity contribution < 1.29 is 4.84 Å². The molecule has 0 unspecified atom stereocenters. The first-order valence-corrected chi connectivity index (χ1v) is 5.50. The first kappa shape index (κ1) is 11.7. The summed E-state index contributed by atoms with van der Waals surface area (Å²) in [5.41, 5.74) is 6.06. The molecule has 0 saturated heterocycles. The Hall–Kier alpha value is -1.78. The maximum Gasteiger partial charge on any atom is 0.115 e. The fraction of sp³-hybridized carbons (Fsp3) is 0.231. The van der Waals surface area contributed by atoms with Gasteiger partial charge < -0.3 is 0 Å². The molecule has 2 aromatic rings. The van der Waals surface area contributed by atoms with Crippen molar-refractivity contribution in [2.75, 3.05) is 0 Å². The second-order valence-corrected chi connectivity index (χ2v) is 3.73. The number of aromatic nitrogens is 2. The van der Waals surface area contributed by atoms with Crippen LogP contribution in [0.3, 0.4) is 0 Å². The van der Waals surface area contributed by atoms with Gasteiger partial charge >= 0.3 is 0 Å². The Labute approximate surface area is 101 Å². The van der Waals surface area contributed by atoms with Crippen LogP contribution in [0.1, 0.15) is 16.8 Å². The average Bonchev–Trinajstić information content (AvgIpc) is 2.38. The summed E-state index contributed by atoms with van der Waals surface area (Å²) < 4.78 is 0. The van der Waals surface area contributed by atoms with Gasteiger partial charge in [-0.2, -0.15) is 5.48 Å². The van der Waals surface area contributed by atoms with Crippen LogP contribution < -0.4 is 5.48 Å². The normalized spacial score (nSPS) is 10.4. The number of benzene rings is 1. The summed E-state index contributed by atoms with van der Waals surface area (Å²) in [7, 11) is 0. The number of aryl methyl sites for hydroxylation is 1. The molecule has 0 radical (unpaired) electrons. The van der Waals surface area contributed by atoms with E-state index in [1.165, 1.54) is 0 Å². The summed E-state index contributed by atoms with van der Waals surface area (Å²) in [6.45, 7) is 3.11. The van der Waals surface area contributed by atoms with E-state index in [-0.39, 0.29) is 0 Å². The lowest BCUT2D eigenvalue weighted by molar-refractivity contribution is 0.0233. The van der Waals surface area contributed by atoms with Gasteiger partial charge in [0.05, 0.1) is 6.61 Å². The SMILES string of the molecule is Cc1ncncc1CNOCc1ccccc1. The molecule has 0 atom stereocenters. The lowest BCUT2D eigenvalue weighted by Gasteiger charge is -2.07. The third-order valence-corrected chi connectivity index (χ3v) is 2.46. The lowest BCUT2D eigenvalue weighted by atomic mass is 10.2. The molecule has 0 bridgehead atoms. The first-order valence-electron chi connectivity index (χ1n) is 5.50. The van der Waals surface area contributed by atoms with E-state index in [0.717, 1.165) is 16.8 Å². The molecule has 0 spiro atoms. The van der Waals surface area contributed by atoms with Gasteiger partial charge in [-0.05, 0) is 12.5 Å². The summed E-state index contributed by atoms with van der Waals surface area (Å²) in [6, 6.07) is 10.0. The number of hydrogen-bond acceptors (Lipinski definition) is 4. The van der Waals surface area contributed by atoms with Crippen LogP contribution in [0.15, 0.2) is 42.9 Å². The first-order chi connectivity index (χ1) is 8.36. The summed E-state index contributed by atoms with van der Waals surface area (Å²) in [6.07, 6.45) is 3.34. The van der Waals surface area contributed by atoms with Gasteiger partial charge in [-0.25, -0.2) is 9.97 Å². The zero-order valence-corrected chi connectivity index (χ0v) is 9.76. The number of nitrogens with zero attached hydrogens (tertiary/aromatic N) is 2. The Morgan fingerprint density at radius 2 is 2.06 bits per heavy atom. The Balaban J connectivity index is 1.76. The molecule has 17 heavy (non-hydrogen) atoms. The summed E-state index contributed by atoms with van der Waals surface area (Å²) >= 11 is 0. The maximum absolute atomic E-state index is 5.37. The van der Waals surface area contributed by atoms with E-state index in [9.17, 15) is 0 Å². The van der Waals surface area contributed by atoms with Crippen molar-refractivity contribution in [2.24, 2.45) is 0 Å². The van der Waals surface area contributed by atoms with Crippen LogP contribution in [0, 0.1) is 6.92 Å². The predicted molar refractivity (Wildman–Crippen MR) is 64.8 cm³/mol. The summed E-state index contributed by atoms with van der Waals surface area (Å²) in [5.74, 6) is 0. The van der Waals surface area contributed by atoms with Gasteiger partial charge in [-0.15, -0.1) is 0 Å². The minimum atomic E-state index is 0.549. The van der Waals surface area contributed by atoms with Gasteiger partial charge in [0.15, 0.2) is 0 Å². The summed E-state index contributed by atoms with van der Waals surface area (Å²) in [5, 5.41) is 0. The van der Waals surface area contributed by atoms with Gasteiger partial charge in [0.1, 0.15) is 6.33 Å². The average molecular weight is 229 g/mol. The van der Waals surface area contributed by atoms with Crippen LogP contribution in [-0.4, -0.2) is 9.97 Å². The third-order valence-electron chi connectivity index (χ3n) is 2.46. The lowest BCUT2D eigenvalue weighted by Crippen LogP contribution is -2.15. The number of hydrogen-bond donors (Lipinski definition) is 1. The molecule has 0 amide bonds. The highest BCUT2D eigenvalue weighted by molar-refractivity contribution is 5.14. The molecule has 0 aliphatic rings. The summed E-state index contributed by atoms with van der Waals surface area (Å²) in [4.78, 5) is 13.5. The van der Waals surface area contributed by atoms with Gasteiger partial charge in [0, 0.05) is 24.0 Å². The van der Waals surface area contributed by atoms with Crippen molar-refractivity contribution in [3.63, 3.8) is 0 Å². The fourth-order valence-electron chi connectivity index (χ4n) is 1.43. The highest BCUT2D eigenvalue weighted by Gasteiger charge is 1.98. The largest absolute Gasteiger partial charge is 0.297 e. The smallest absolute Gasteiger partial charge is 0.115 e. The molecular formula is C13H15N3O. The highest BCUT2D eigenvalue weighted by Crippen LogP contribution is 2.02. The van der Waals surface area contributed by atoms with Gasteiger partial charge in [-0.1, -0.05) is 30.3 Å². The monoisotopic (exact) mass is 229 g/mol. The van der Waals surface area contributed by atoms with Gasteiger partial charge in [0.25, 0.3) is 0 Å². The van der Waals surface area contributed by atoms with Crippen LogP contribution in [-0.2, 0) is 18.0 Å². The number of nitrogens with one attached hydrogen (secondary N) is 1. The Kier molecular flexibility index (Phi) is 4.18. The van der Waals surface area contributed by atoms with Crippen molar-refractivity contribution in [3.8, 4) is 0 Å². The van der Waals surface area contributed by atoms with Crippen molar-refractivity contribution in [1.82, 2.24) is 15.4 Å². The van der Waals surface area contributed by atoms with Gasteiger partial charge in [-0.3, -0.25) is 4.84 Å². The Morgan fingerprint density at radius 1 is 1.24 bits per heavy atom. The molecule has 4 heteroatoms. The fourth-order valence-corrected chi connectivity index (χ4v) is 1.43. The van der Waals surface area contributed by atoms with E-state index < -0.39 is 0 Å². The standard InChI is InChI=1S/C13H15N3O/c1-11-13(7-14-10-15-11)8-16-17-9-12-5-3-2-4-6-12/h2-7,10,16H,8-9H2,1H3. The van der Waals surface area contributed by atoms with Crippen LogP contribution in [0.25, 0.3) is 0 Å². The second-order valence-electron chi connectivity index (χ2n) is 3.73. The van der Waals surface area contributed by atoms with E-state index in [0.29, 0.717) is 13.2 Å². The maximum atomic E-state index is 5.37. The molecule has 1 N–H and O–H groups in total. The van der Waals surface area contributed by atoms with Crippen LogP contribution in [0.4, 0.5) is 0 Å². The van der Waals surface area contributed by atoms with Crippen molar-refractivity contribution in [1.29, 1.82) is 0 Å². The van der Waals surface area contributed by atoms with Crippen LogP contribution >= 0.6 is 0 Å². The van der Waals surface area contributed by atoms with E-state index in [1.807, 2.05) is 37.3 Å². The van der Waals surface area contributed by atoms with Crippen LogP contribution in [0.5, 0.6) is 0 Å². The third kappa shape index (κ3) is 3.62. The molecule has 0 aliphatic carbocycles. The molecule has 0 saturated carbocycles. The van der Waals surface area contributed by atoms with E-state index in [4.69, 9.17) is 4.84 Å². The molecule has 1 heterocycles. The Bertz CT molecular complexity index is 459. The predicted octanol–water partition coefficient (Wildman–Crippen LogP) is 2.01. The number of hydroxylamine groups is 1. The molecule has 1 aromatic carbocycles. The zero-order chi connectivity index (χ0) is 11.9. The molecule has 0 fully saturated rings. The van der Waals surface area contributed by atoms with E-state index in [1.54, 1.807) is 12.5 Å². The number of rotatable bonds is 5. The van der Waals surface area contributed by atoms with Crippen LogP contribution in [0.2, 0.25) is 0 Å². The molecule has 2 rings (SSSR count). The minimum absolute atomic E-state index is 0.549.